The van der Waals surface area contributed by atoms with Crippen LogP contribution in [0, 0.1) is 0 Å². The molecule has 1 fully saturated rings. The molecule has 0 aromatic carbocycles. The van der Waals surface area contributed by atoms with Crippen LogP contribution in [0.2, 0.25) is 0 Å². The van der Waals surface area contributed by atoms with Gasteiger partial charge in [-0.1, -0.05) is 20.8 Å². The number of hydrogen-bond donors (Lipinski definition) is 1. The standard InChI is InChI=1S/C15H23O12P.C6H15N.B/c1-7(16)22-6-11-12(23-8(2)17)13(24-9(3)18)14(25-10(4)19)15(26-11)27-28(20)21-5;1-4-7(5-2)6-3;/h11-15,20H,6H2,1-5H3;4-6H2,1-3H3;/t11-,12-,13+,14-,15+,28?;;/m1../s1. The van der Waals surface area contributed by atoms with Gasteiger partial charge >= 0.3 is 32.5 Å². The van der Waals surface area contributed by atoms with Gasteiger partial charge in [0, 0.05) is 43.2 Å². The zero-order chi connectivity index (χ0) is 27.1. The Morgan fingerprint density at radius 3 is 1.61 bits per heavy atom. The van der Waals surface area contributed by atoms with E-state index < -0.39 is 69.8 Å². The summed E-state index contributed by atoms with van der Waals surface area (Å²) in [6.45, 7) is 14.2. The molecule has 1 rings (SSSR count). The Morgan fingerprint density at radius 2 is 1.25 bits per heavy atom. The minimum atomic E-state index is -2.44. The predicted octanol–water partition coefficient (Wildman–Crippen LogP) is 0.919. The number of hydrogen-bond acceptors (Lipinski definition) is 13. The van der Waals surface area contributed by atoms with Gasteiger partial charge in [-0.15, -0.1) is 0 Å². The van der Waals surface area contributed by atoms with Gasteiger partial charge in [-0.2, -0.15) is 0 Å². The molecule has 0 amide bonds. The van der Waals surface area contributed by atoms with Crippen molar-refractivity contribution < 1.29 is 56.8 Å². The highest BCUT2D eigenvalue weighted by molar-refractivity contribution is 7.40. The van der Waals surface area contributed by atoms with Crippen molar-refractivity contribution in [3.63, 3.8) is 0 Å². The molecule has 0 aromatic rings. The number of ether oxygens (including phenoxy) is 5. The molecule has 1 aliphatic heterocycles. The first-order valence-corrected chi connectivity index (χ1v) is 12.3. The lowest BCUT2D eigenvalue weighted by atomic mass is 9.98. The maximum absolute atomic E-state index is 11.6. The average molecular weight is 538 g/mol. The van der Waals surface area contributed by atoms with Crippen molar-refractivity contribution in [3.05, 3.63) is 0 Å². The van der Waals surface area contributed by atoms with Crippen LogP contribution >= 0.6 is 8.60 Å². The molecule has 3 radical (unpaired) electrons. The summed E-state index contributed by atoms with van der Waals surface area (Å²) in [5, 5.41) is 0. The van der Waals surface area contributed by atoms with E-state index in [-0.39, 0.29) is 8.41 Å². The number of esters is 4. The smallest absolute Gasteiger partial charge is 0.332 e. The molecule has 0 aromatic heterocycles. The lowest BCUT2D eigenvalue weighted by molar-refractivity contribution is -0.289. The first-order chi connectivity index (χ1) is 16.4. The van der Waals surface area contributed by atoms with Crippen LogP contribution in [0.15, 0.2) is 0 Å². The van der Waals surface area contributed by atoms with Crippen LogP contribution in [-0.4, -0.2) is 106 Å². The van der Waals surface area contributed by atoms with Crippen molar-refractivity contribution in [2.45, 2.75) is 79.2 Å². The fourth-order valence-electron chi connectivity index (χ4n) is 3.08. The molecule has 1 unspecified atom stereocenters. The van der Waals surface area contributed by atoms with E-state index in [9.17, 15) is 24.1 Å². The molecule has 0 spiro atoms. The summed E-state index contributed by atoms with van der Waals surface area (Å²) < 4.78 is 35.8. The normalized spacial score (nSPS) is 23.8. The highest BCUT2D eigenvalue weighted by Gasteiger charge is 2.53. The van der Waals surface area contributed by atoms with E-state index in [0.717, 1.165) is 34.8 Å². The van der Waals surface area contributed by atoms with Gasteiger partial charge < -0.3 is 38.0 Å². The van der Waals surface area contributed by atoms with Crippen LogP contribution < -0.4 is 0 Å². The summed E-state index contributed by atoms with van der Waals surface area (Å²) >= 11 is 0. The Kier molecular flexibility index (Phi) is 19.5. The number of carbonyl (C=O) groups excluding carboxylic acids is 4. The quantitative estimate of drug-likeness (QED) is 0.172. The molecule has 0 saturated carbocycles. The zero-order valence-corrected chi connectivity index (χ0v) is 23.0. The molecule has 1 aliphatic rings. The van der Waals surface area contributed by atoms with Gasteiger partial charge in [0.1, 0.15) is 12.7 Å². The van der Waals surface area contributed by atoms with E-state index in [0.29, 0.717) is 0 Å². The minimum absolute atomic E-state index is 0. The number of carbonyl (C=O) groups is 4. The fourth-order valence-corrected chi connectivity index (χ4v) is 3.51. The summed E-state index contributed by atoms with van der Waals surface area (Å²) in [5.41, 5.74) is 0. The average Bonchev–Trinajstić information content (AvgIpc) is 2.77. The maximum atomic E-state index is 11.6. The lowest BCUT2D eigenvalue weighted by Gasteiger charge is -2.43. The van der Waals surface area contributed by atoms with E-state index in [1.807, 2.05) is 0 Å². The van der Waals surface area contributed by atoms with E-state index in [2.05, 4.69) is 30.2 Å². The summed E-state index contributed by atoms with van der Waals surface area (Å²) in [5.74, 6) is -2.95. The van der Waals surface area contributed by atoms with Crippen LogP contribution in [0.1, 0.15) is 48.5 Å². The van der Waals surface area contributed by atoms with Gasteiger partial charge in [0.25, 0.3) is 0 Å². The second kappa shape index (κ2) is 19.3. The summed E-state index contributed by atoms with van der Waals surface area (Å²) in [6, 6.07) is 0. The summed E-state index contributed by atoms with van der Waals surface area (Å²) in [6.07, 6.45) is -6.71. The monoisotopic (exact) mass is 538 g/mol. The third-order valence-electron chi connectivity index (χ3n) is 4.64. The van der Waals surface area contributed by atoms with Crippen molar-refractivity contribution in [2.24, 2.45) is 0 Å². The predicted molar refractivity (Wildman–Crippen MR) is 128 cm³/mol. The number of rotatable bonds is 11. The van der Waals surface area contributed by atoms with Crippen molar-refractivity contribution in [1.29, 1.82) is 0 Å². The zero-order valence-electron chi connectivity index (χ0n) is 22.1. The Balaban J connectivity index is 0. The Bertz CT molecular complexity index is 676. The highest BCUT2D eigenvalue weighted by atomic mass is 31.2. The molecule has 36 heavy (non-hydrogen) atoms. The molecule has 15 heteroatoms. The molecule has 13 nitrogen and oxygen atoms in total. The van der Waals surface area contributed by atoms with E-state index in [1.165, 1.54) is 19.6 Å². The third kappa shape index (κ3) is 14.1. The largest absolute Gasteiger partial charge is 0.463 e. The molecule has 1 heterocycles. The maximum Gasteiger partial charge on any atom is 0.332 e. The van der Waals surface area contributed by atoms with Crippen molar-refractivity contribution in [2.75, 3.05) is 33.4 Å². The molecular formula is C21H38BNO12P. The topological polar surface area (TPSA) is 156 Å². The van der Waals surface area contributed by atoms with Crippen LogP contribution in [0.25, 0.3) is 0 Å². The molecule has 1 saturated heterocycles. The molecule has 0 aliphatic carbocycles. The van der Waals surface area contributed by atoms with Crippen LogP contribution in [0.3, 0.4) is 0 Å². The van der Waals surface area contributed by atoms with Crippen molar-refractivity contribution in [1.82, 2.24) is 4.90 Å². The minimum Gasteiger partial charge on any atom is -0.463 e. The SMILES string of the molecule is CCN(CC)CC.COP(O)O[C@@H]1O[C@H](COC(C)=O)[C@@H](OC(C)=O)[C@H](OC(C)=O)[C@H]1OC(C)=O.[B]. The van der Waals surface area contributed by atoms with Gasteiger partial charge in [-0.05, 0) is 19.6 Å². The summed E-state index contributed by atoms with van der Waals surface area (Å²) in [4.78, 5) is 57.9. The van der Waals surface area contributed by atoms with Crippen LogP contribution in [-0.2, 0) is 51.9 Å². The van der Waals surface area contributed by atoms with Gasteiger partial charge in [-0.3, -0.25) is 23.7 Å². The van der Waals surface area contributed by atoms with Gasteiger partial charge in [0.2, 0.25) is 6.29 Å². The van der Waals surface area contributed by atoms with Gasteiger partial charge in [0.15, 0.2) is 18.3 Å². The molecule has 6 atom stereocenters. The molecule has 207 valence electrons. The van der Waals surface area contributed by atoms with E-state index in [4.69, 9.17) is 28.2 Å². The summed E-state index contributed by atoms with van der Waals surface area (Å²) in [7, 11) is -1.27. The first-order valence-electron chi connectivity index (χ1n) is 11.1. The van der Waals surface area contributed by atoms with Crippen LogP contribution in [0.4, 0.5) is 0 Å². The van der Waals surface area contributed by atoms with E-state index in [1.54, 1.807) is 0 Å². The van der Waals surface area contributed by atoms with E-state index >= 15 is 0 Å². The van der Waals surface area contributed by atoms with Gasteiger partial charge in [-0.25, -0.2) is 0 Å². The van der Waals surface area contributed by atoms with Crippen LogP contribution in [0.5, 0.6) is 0 Å². The Labute approximate surface area is 215 Å². The molecule has 1 N–H and O–H groups in total. The lowest BCUT2D eigenvalue weighted by Crippen LogP contribution is -2.62. The highest BCUT2D eigenvalue weighted by Crippen LogP contribution is 2.39. The molecular weight excluding hydrogens is 500 g/mol. The van der Waals surface area contributed by atoms with Gasteiger partial charge in [0.05, 0.1) is 0 Å². The van der Waals surface area contributed by atoms with Crippen molar-refractivity contribution in [3.8, 4) is 0 Å². The second-order valence-electron chi connectivity index (χ2n) is 7.21. The van der Waals surface area contributed by atoms with Crippen molar-refractivity contribution >= 4 is 40.9 Å². The third-order valence-corrected chi connectivity index (χ3v) is 5.34. The Hall–Kier alpha value is -1.83. The Morgan fingerprint density at radius 1 is 0.806 bits per heavy atom. The first kappa shape index (κ1) is 36.3. The number of nitrogens with zero attached hydrogens (tertiary/aromatic N) is 1. The fraction of sp³-hybridized carbons (Fsp3) is 0.810. The molecule has 0 bridgehead atoms. The second-order valence-corrected chi connectivity index (χ2v) is 8.26.